The Hall–Kier alpha value is -1.65. The molecule has 82 valence electrons. The Balaban J connectivity index is 3.52. The molecule has 0 amide bonds. The van der Waals surface area contributed by atoms with E-state index in [4.69, 9.17) is 5.11 Å². The molecule has 0 aliphatic rings. The van der Waals surface area contributed by atoms with E-state index in [0.29, 0.717) is 0 Å². The van der Waals surface area contributed by atoms with E-state index >= 15 is 0 Å². The standard InChI is InChI=1S/C10H12FNO3/c1-10(2,11)7-4-6(9(14)15)5-12(3)8(7)13/h4-5H,1-3H3,(H,14,15). The summed E-state index contributed by atoms with van der Waals surface area (Å²) in [6.07, 6.45) is 1.17. The van der Waals surface area contributed by atoms with Crippen molar-refractivity contribution in [3.8, 4) is 0 Å². The maximum atomic E-state index is 13.6. The molecule has 0 unspecified atom stereocenters. The zero-order valence-corrected chi connectivity index (χ0v) is 8.74. The van der Waals surface area contributed by atoms with Gasteiger partial charge < -0.3 is 9.67 Å². The quantitative estimate of drug-likeness (QED) is 0.805. The second kappa shape index (κ2) is 3.49. The smallest absolute Gasteiger partial charge is 0.337 e. The van der Waals surface area contributed by atoms with Gasteiger partial charge in [-0.2, -0.15) is 0 Å². The lowest BCUT2D eigenvalue weighted by Crippen LogP contribution is -2.29. The van der Waals surface area contributed by atoms with Crippen LogP contribution in [0.5, 0.6) is 0 Å². The van der Waals surface area contributed by atoms with E-state index < -0.39 is 17.2 Å². The van der Waals surface area contributed by atoms with E-state index in [2.05, 4.69) is 0 Å². The molecule has 0 bridgehead atoms. The number of nitrogens with zero attached hydrogens (tertiary/aromatic N) is 1. The Morgan fingerprint density at radius 2 is 2.07 bits per heavy atom. The van der Waals surface area contributed by atoms with Gasteiger partial charge in [0, 0.05) is 13.2 Å². The molecule has 1 heterocycles. The Labute approximate surface area is 86.0 Å². The Kier molecular flexibility index (Phi) is 2.66. The number of halogens is 1. The van der Waals surface area contributed by atoms with Gasteiger partial charge in [-0.25, -0.2) is 9.18 Å². The van der Waals surface area contributed by atoms with Gasteiger partial charge in [-0.3, -0.25) is 4.79 Å². The first-order valence-corrected chi connectivity index (χ1v) is 4.37. The summed E-state index contributed by atoms with van der Waals surface area (Å²) >= 11 is 0. The number of carbonyl (C=O) groups is 1. The summed E-state index contributed by atoms with van der Waals surface area (Å²) in [5, 5.41) is 8.75. The molecule has 0 spiro atoms. The van der Waals surface area contributed by atoms with Gasteiger partial charge in [0.15, 0.2) is 0 Å². The zero-order valence-electron chi connectivity index (χ0n) is 8.74. The Morgan fingerprint density at radius 3 is 2.47 bits per heavy atom. The van der Waals surface area contributed by atoms with Crippen LogP contribution in [0.3, 0.4) is 0 Å². The van der Waals surface area contributed by atoms with E-state index in [1.54, 1.807) is 0 Å². The molecular formula is C10H12FNO3. The zero-order chi connectivity index (χ0) is 11.8. The van der Waals surface area contributed by atoms with Gasteiger partial charge in [-0.05, 0) is 19.9 Å². The molecule has 5 heteroatoms. The monoisotopic (exact) mass is 213 g/mol. The van der Waals surface area contributed by atoms with Crippen LogP contribution in [0, 0.1) is 0 Å². The second-order valence-electron chi connectivity index (χ2n) is 3.84. The highest BCUT2D eigenvalue weighted by Crippen LogP contribution is 2.21. The third-order valence-electron chi connectivity index (χ3n) is 2.07. The summed E-state index contributed by atoms with van der Waals surface area (Å²) in [5.41, 5.74) is -2.62. The predicted molar refractivity (Wildman–Crippen MR) is 52.8 cm³/mol. The first-order chi connectivity index (χ1) is 6.73. The van der Waals surface area contributed by atoms with Crippen molar-refractivity contribution in [2.45, 2.75) is 19.5 Å². The number of rotatable bonds is 2. The highest BCUT2D eigenvalue weighted by atomic mass is 19.1. The van der Waals surface area contributed by atoms with Crippen molar-refractivity contribution in [1.29, 1.82) is 0 Å². The van der Waals surface area contributed by atoms with E-state index in [1.807, 2.05) is 0 Å². The summed E-state index contributed by atoms with van der Waals surface area (Å²) in [5.74, 6) is -1.18. The SMILES string of the molecule is Cn1cc(C(=O)O)cc(C(C)(C)F)c1=O. The number of aromatic carboxylic acids is 1. The minimum atomic E-state index is -1.85. The molecule has 0 aromatic carbocycles. The molecule has 0 aliphatic heterocycles. The first kappa shape index (κ1) is 11.4. The van der Waals surface area contributed by atoms with Crippen LogP contribution in [-0.4, -0.2) is 15.6 Å². The third-order valence-corrected chi connectivity index (χ3v) is 2.07. The number of aryl methyl sites for hydroxylation is 1. The van der Waals surface area contributed by atoms with E-state index in [9.17, 15) is 14.0 Å². The van der Waals surface area contributed by atoms with Gasteiger partial charge in [0.1, 0.15) is 5.67 Å². The van der Waals surface area contributed by atoms with Crippen LogP contribution in [0.2, 0.25) is 0 Å². The molecule has 0 atom stereocenters. The fraction of sp³-hybridized carbons (Fsp3) is 0.400. The van der Waals surface area contributed by atoms with Crippen LogP contribution in [0.15, 0.2) is 17.1 Å². The van der Waals surface area contributed by atoms with Gasteiger partial charge in [-0.1, -0.05) is 0 Å². The minimum Gasteiger partial charge on any atom is -0.478 e. The van der Waals surface area contributed by atoms with E-state index in [-0.39, 0.29) is 11.1 Å². The first-order valence-electron chi connectivity index (χ1n) is 4.37. The van der Waals surface area contributed by atoms with Crippen molar-refractivity contribution in [3.05, 3.63) is 33.7 Å². The average molecular weight is 213 g/mol. The van der Waals surface area contributed by atoms with Crippen molar-refractivity contribution in [1.82, 2.24) is 4.57 Å². The molecule has 1 aromatic heterocycles. The lowest BCUT2D eigenvalue weighted by Gasteiger charge is -2.15. The highest BCUT2D eigenvalue weighted by molar-refractivity contribution is 5.87. The fourth-order valence-corrected chi connectivity index (χ4v) is 1.25. The second-order valence-corrected chi connectivity index (χ2v) is 3.84. The van der Waals surface area contributed by atoms with Crippen LogP contribution in [0.25, 0.3) is 0 Å². The van der Waals surface area contributed by atoms with Crippen LogP contribution in [0.4, 0.5) is 4.39 Å². The van der Waals surface area contributed by atoms with Gasteiger partial charge >= 0.3 is 5.97 Å². The normalized spacial score (nSPS) is 11.5. The molecular weight excluding hydrogens is 201 g/mol. The summed E-state index contributed by atoms with van der Waals surface area (Å²) < 4.78 is 14.7. The van der Waals surface area contributed by atoms with E-state index in [0.717, 1.165) is 10.6 Å². The summed E-state index contributed by atoms with van der Waals surface area (Å²) in [6, 6.07) is 1.07. The average Bonchev–Trinajstić information content (AvgIpc) is 2.06. The number of pyridine rings is 1. The molecule has 15 heavy (non-hydrogen) atoms. The van der Waals surface area contributed by atoms with Crippen molar-refractivity contribution in [2.24, 2.45) is 7.05 Å². The molecule has 1 aromatic rings. The van der Waals surface area contributed by atoms with Crippen molar-refractivity contribution < 1.29 is 14.3 Å². The Bertz CT molecular complexity index is 457. The summed E-state index contributed by atoms with van der Waals surface area (Å²) in [7, 11) is 1.39. The lowest BCUT2D eigenvalue weighted by atomic mass is 10.0. The van der Waals surface area contributed by atoms with Gasteiger partial charge in [0.05, 0.1) is 11.1 Å². The van der Waals surface area contributed by atoms with Gasteiger partial charge in [-0.15, -0.1) is 0 Å². The summed E-state index contributed by atoms with van der Waals surface area (Å²) in [4.78, 5) is 22.2. The maximum absolute atomic E-state index is 13.6. The number of carboxylic acid groups (broad SMARTS) is 1. The molecule has 0 saturated carbocycles. The van der Waals surface area contributed by atoms with Crippen LogP contribution >= 0.6 is 0 Å². The fourth-order valence-electron chi connectivity index (χ4n) is 1.25. The number of aromatic nitrogens is 1. The molecule has 0 aliphatic carbocycles. The lowest BCUT2D eigenvalue weighted by molar-refractivity contribution is 0.0695. The van der Waals surface area contributed by atoms with Gasteiger partial charge in [0.2, 0.25) is 0 Å². The molecule has 0 radical (unpaired) electrons. The van der Waals surface area contributed by atoms with Gasteiger partial charge in [0.25, 0.3) is 5.56 Å². The molecule has 0 saturated heterocycles. The van der Waals surface area contributed by atoms with Crippen LogP contribution < -0.4 is 5.56 Å². The van der Waals surface area contributed by atoms with Crippen molar-refractivity contribution >= 4 is 5.97 Å². The summed E-state index contributed by atoms with van der Waals surface area (Å²) in [6.45, 7) is 2.44. The minimum absolute atomic E-state index is 0.0992. The maximum Gasteiger partial charge on any atom is 0.337 e. The molecule has 1 N–H and O–H groups in total. The van der Waals surface area contributed by atoms with E-state index in [1.165, 1.54) is 27.1 Å². The molecule has 4 nitrogen and oxygen atoms in total. The molecule has 1 rings (SSSR count). The topological polar surface area (TPSA) is 59.3 Å². The third kappa shape index (κ3) is 2.23. The number of hydrogen-bond donors (Lipinski definition) is 1. The van der Waals surface area contributed by atoms with Crippen molar-refractivity contribution in [3.63, 3.8) is 0 Å². The van der Waals surface area contributed by atoms with Crippen LogP contribution in [0.1, 0.15) is 29.8 Å². The highest BCUT2D eigenvalue weighted by Gasteiger charge is 2.24. The number of alkyl halides is 1. The van der Waals surface area contributed by atoms with Crippen molar-refractivity contribution in [2.75, 3.05) is 0 Å². The number of hydrogen-bond acceptors (Lipinski definition) is 2. The largest absolute Gasteiger partial charge is 0.478 e. The predicted octanol–water partition coefficient (Wildman–Crippen LogP) is 1.29. The number of carboxylic acids is 1. The van der Waals surface area contributed by atoms with Crippen LogP contribution in [-0.2, 0) is 12.7 Å². The molecule has 0 fully saturated rings. The Morgan fingerprint density at radius 1 is 1.53 bits per heavy atom.